The fourth-order valence-electron chi connectivity index (χ4n) is 2.32. The molecule has 134 valence electrons. The molecule has 0 fully saturated rings. The van der Waals surface area contributed by atoms with E-state index in [1.54, 1.807) is 6.07 Å². The number of aromatic nitrogens is 2. The molecule has 0 radical (unpaired) electrons. The third-order valence-corrected chi connectivity index (χ3v) is 4.47. The van der Waals surface area contributed by atoms with Crippen molar-refractivity contribution in [2.45, 2.75) is 39.2 Å². The Labute approximate surface area is 157 Å². The highest BCUT2D eigenvalue weighted by Gasteiger charge is 2.09. The highest BCUT2D eigenvalue weighted by molar-refractivity contribution is 6.42. The molecule has 1 heterocycles. The summed E-state index contributed by atoms with van der Waals surface area (Å²) in [5.74, 6) is -0.278. The SMILES string of the molecule is CCCCn1nc(C(=O)NCCCc2ccc(Cl)c(Cl)c2)ccc1=O. The number of unbranched alkanes of at least 4 members (excludes halogenated alkanes) is 1. The Bertz CT molecular complexity index is 790. The number of hydrogen-bond donors (Lipinski definition) is 1. The van der Waals surface area contributed by atoms with Crippen molar-refractivity contribution in [2.75, 3.05) is 6.54 Å². The second-order valence-corrected chi connectivity index (χ2v) is 6.56. The minimum Gasteiger partial charge on any atom is -0.351 e. The summed E-state index contributed by atoms with van der Waals surface area (Å²) in [5.41, 5.74) is 1.13. The van der Waals surface area contributed by atoms with Crippen molar-refractivity contribution in [3.8, 4) is 0 Å². The van der Waals surface area contributed by atoms with Crippen molar-refractivity contribution in [1.29, 1.82) is 0 Å². The highest BCUT2D eigenvalue weighted by Crippen LogP contribution is 2.23. The zero-order valence-corrected chi connectivity index (χ0v) is 15.6. The van der Waals surface area contributed by atoms with Crippen LogP contribution in [0.3, 0.4) is 0 Å². The Morgan fingerprint density at radius 2 is 1.96 bits per heavy atom. The van der Waals surface area contributed by atoms with Gasteiger partial charge in [-0.05, 0) is 43.0 Å². The Kier molecular flexibility index (Phi) is 7.47. The lowest BCUT2D eigenvalue weighted by Crippen LogP contribution is -2.30. The topological polar surface area (TPSA) is 64.0 Å². The molecule has 5 nitrogen and oxygen atoms in total. The van der Waals surface area contributed by atoms with E-state index in [-0.39, 0.29) is 17.2 Å². The van der Waals surface area contributed by atoms with Crippen LogP contribution in [0.25, 0.3) is 0 Å². The predicted molar refractivity (Wildman–Crippen MR) is 101 cm³/mol. The Hall–Kier alpha value is -1.85. The van der Waals surface area contributed by atoms with Gasteiger partial charge in [0.05, 0.1) is 10.0 Å². The molecule has 0 aliphatic heterocycles. The van der Waals surface area contributed by atoms with Gasteiger partial charge < -0.3 is 5.32 Å². The van der Waals surface area contributed by atoms with Crippen molar-refractivity contribution in [1.82, 2.24) is 15.1 Å². The zero-order valence-electron chi connectivity index (χ0n) is 14.1. The molecule has 25 heavy (non-hydrogen) atoms. The van der Waals surface area contributed by atoms with Crippen LogP contribution in [-0.2, 0) is 13.0 Å². The van der Waals surface area contributed by atoms with Gasteiger partial charge in [-0.2, -0.15) is 5.10 Å². The zero-order chi connectivity index (χ0) is 18.2. The summed E-state index contributed by atoms with van der Waals surface area (Å²) in [6.07, 6.45) is 3.35. The fraction of sp³-hybridized carbons (Fsp3) is 0.389. The first kappa shape index (κ1) is 19.5. The molecule has 0 aliphatic carbocycles. The van der Waals surface area contributed by atoms with Crippen molar-refractivity contribution in [3.05, 3.63) is 62.0 Å². The lowest BCUT2D eigenvalue weighted by atomic mass is 10.1. The molecular formula is C18H21Cl2N3O2. The van der Waals surface area contributed by atoms with Crippen LogP contribution in [0, 0.1) is 0 Å². The monoisotopic (exact) mass is 381 g/mol. The van der Waals surface area contributed by atoms with Gasteiger partial charge in [0.1, 0.15) is 5.69 Å². The van der Waals surface area contributed by atoms with Crippen molar-refractivity contribution < 1.29 is 4.79 Å². The number of amides is 1. The van der Waals surface area contributed by atoms with Gasteiger partial charge in [-0.15, -0.1) is 0 Å². The van der Waals surface area contributed by atoms with Crippen molar-refractivity contribution in [3.63, 3.8) is 0 Å². The summed E-state index contributed by atoms with van der Waals surface area (Å²) >= 11 is 11.9. The molecule has 0 bridgehead atoms. The van der Waals surface area contributed by atoms with E-state index in [1.807, 2.05) is 19.1 Å². The van der Waals surface area contributed by atoms with Crippen LogP contribution >= 0.6 is 23.2 Å². The number of rotatable bonds is 8. The predicted octanol–water partition coefficient (Wildman–Crippen LogP) is 3.71. The van der Waals surface area contributed by atoms with Crippen LogP contribution in [0.5, 0.6) is 0 Å². The molecule has 1 aromatic heterocycles. The van der Waals surface area contributed by atoms with Gasteiger partial charge in [-0.25, -0.2) is 4.68 Å². The molecule has 0 saturated heterocycles. The van der Waals surface area contributed by atoms with E-state index in [4.69, 9.17) is 23.2 Å². The summed E-state index contributed by atoms with van der Waals surface area (Å²) in [4.78, 5) is 23.9. The quantitative estimate of drug-likeness (QED) is 0.708. The molecule has 2 rings (SSSR count). The molecule has 0 atom stereocenters. The third kappa shape index (κ3) is 5.87. The number of carbonyl (C=O) groups is 1. The van der Waals surface area contributed by atoms with Gasteiger partial charge in [0.15, 0.2) is 0 Å². The molecule has 0 unspecified atom stereocenters. The smallest absolute Gasteiger partial charge is 0.271 e. The van der Waals surface area contributed by atoms with E-state index < -0.39 is 0 Å². The maximum Gasteiger partial charge on any atom is 0.271 e. The first-order chi connectivity index (χ1) is 12.0. The van der Waals surface area contributed by atoms with E-state index in [0.29, 0.717) is 23.1 Å². The molecule has 1 aromatic carbocycles. The summed E-state index contributed by atoms with van der Waals surface area (Å²) in [6.45, 7) is 3.07. The molecule has 7 heteroatoms. The molecule has 0 spiro atoms. The molecule has 1 N–H and O–H groups in total. The number of nitrogens with zero attached hydrogens (tertiary/aromatic N) is 2. The number of benzene rings is 1. The largest absolute Gasteiger partial charge is 0.351 e. The molecule has 1 amide bonds. The van der Waals surface area contributed by atoms with E-state index in [1.165, 1.54) is 16.8 Å². The van der Waals surface area contributed by atoms with E-state index in [0.717, 1.165) is 31.2 Å². The number of halogens is 2. The minimum absolute atomic E-state index is 0.190. The maximum absolute atomic E-state index is 12.2. The van der Waals surface area contributed by atoms with Crippen LogP contribution in [0.2, 0.25) is 10.0 Å². The average molecular weight is 382 g/mol. The fourth-order valence-corrected chi connectivity index (χ4v) is 2.64. The van der Waals surface area contributed by atoms with Gasteiger partial charge in [-0.3, -0.25) is 9.59 Å². The standard InChI is InChI=1S/C18H21Cl2N3O2/c1-2-3-11-23-17(24)9-8-16(22-23)18(25)21-10-4-5-13-6-7-14(19)15(20)12-13/h6-9,12H,2-5,10-11H2,1H3,(H,21,25). The molecule has 0 saturated carbocycles. The summed E-state index contributed by atoms with van der Waals surface area (Å²) in [7, 11) is 0. The summed E-state index contributed by atoms with van der Waals surface area (Å²) in [5, 5.41) is 8.01. The van der Waals surface area contributed by atoms with Crippen LogP contribution in [0.4, 0.5) is 0 Å². The van der Waals surface area contributed by atoms with E-state index in [9.17, 15) is 9.59 Å². The molecule has 2 aromatic rings. The Morgan fingerprint density at radius 3 is 2.68 bits per heavy atom. The van der Waals surface area contributed by atoms with Gasteiger partial charge in [0, 0.05) is 19.2 Å². The van der Waals surface area contributed by atoms with Gasteiger partial charge >= 0.3 is 0 Å². The highest BCUT2D eigenvalue weighted by atomic mass is 35.5. The van der Waals surface area contributed by atoms with Gasteiger partial charge in [0.25, 0.3) is 11.5 Å². The van der Waals surface area contributed by atoms with Gasteiger partial charge in [-0.1, -0.05) is 42.6 Å². The van der Waals surface area contributed by atoms with Crippen molar-refractivity contribution in [2.24, 2.45) is 0 Å². The van der Waals surface area contributed by atoms with Gasteiger partial charge in [0.2, 0.25) is 0 Å². The Balaban J connectivity index is 1.85. The molecule has 0 aliphatic rings. The maximum atomic E-state index is 12.2. The second kappa shape index (κ2) is 9.59. The van der Waals surface area contributed by atoms with Crippen LogP contribution in [0.15, 0.2) is 35.1 Å². The second-order valence-electron chi connectivity index (χ2n) is 5.74. The van der Waals surface area contributed by atoms with Crippen LogP contribution < -0.4 is 10.9 Å². The number of aryl methyl sites for hydroxylation is 2. The number of hydrogen-bond acceptors (Lipinski definition) is 3. The molecular weight excluding hydrogens is 361 g/mol. The minimum atomic E-state index is -0.278. The first-order valence-corrected chi connectivity index (χ1v) is 9.07. The lowest BCUT2D eigenvalue weighted by molar-refractivity contribution is 0.0945. The summed E-state index contributed by atoms with van der Waals surface area (Å²) < 4.78 is 1.34. The van der Waals surface area contributed by atoms with Crippen molar-refractivity contribution >= 4 is 29.1 Å². The Morgan fingerprint density at radius 1 is 1.16 bits per heavy atom. The van der Waals surface area contributed by atoms with E-state index in [2.05, 4.69) is 10.4 Å². The van der Waals surface area contributed by atoms with Crippen LogP contribution in [-0.4, -0.2) is 22.2 Å². The lowest BCUT2D eigenvalue weighted by Gasteiger charge is -2.08. The third-order valence-electron chi connectivity index (χ3n) is 3.73. The average Bonchev–Trinajstić information content (AvgIpc) is 2.60. The number of carbonyl (C=O) groups excluding carboxylic acids is 1. The number of nitrogens with one attached hydrogen (secondary N) is 1. The normalized spacial score (nSPS) is 10.7. The first-order valence-electron chi connectivity index (χ1n) is 8.31. The van der Waals surface area contributed by atoms with E-state index >= 15 is 0 Å². The summed E-state index contributed by atoms with van der Waals surface area (Å²) in [6, 6.07) is 8.35. The van der Waals surface area contributed by atoms with Crippen LogP contribution in [0.1, 0.15) is 42.2 Å².